The van der Waals surface area contributed by atoms with Gasteiger partial charge in [0.2, 0.25) is 0 Å². The second-order valence-corrected chi connectivity index (χ2v) is 24.6. The Labute approximate surface area is 230 Å². The molecule has 0 aromatic carbocycles. The Hall–Kier alpha value is -0.912. The number of hydrogen-bond acceptors (Lipinski definition) is 9. The van der Waals surface area contributed by atoms with Gasteiger partial charge in [-0.3, -0.25) is 0 Å². The van der Waals surface area contributed by atoms with Gasteiger partial charge in [0.05, 0.1) is 22.7 Å². The lowest BCUT2D eigenvalue weighted by Crippen LogP contribution is -2.43. The van der Waals surface area contributed by atoms with Crippen molar-refractivity contribution in [1.82, 2.24) is 0 Å². The molecule has 0 aliphatic rings. The average Bonchev–Trinajstić information content (AvgIpc) is 2.77. The largest absolute Gasteiger partial charge is 0.500 e. The molecule has 13 heteroatoms. The highest BCUT2D eigenvalue weighted by Gasteiger charge is 2.37. The van der Waals surface area contributed by atoms with E-state index in [4.69, 9.17) is 31.6 Å². The van der Waals surface area contributed by atoms with Crippen LogP contribution in [0, 0.1) is 0 Å². The van der Waals surface area contributed by atoms with Crippen LogP contribution in [0.4, 0.5) is 0 Å². The maximum Gasteiger partial charge on any atom is 0.500 e. The summed E-state index contributed by atoms with van der Waals surface area (Å²) >= 11 is 0. The molecule has 0 spiro atoms. The van der Waals surface area contributed by atoms with Gasteiger partial charge in [0.1, 0.15) is 5.91 Å². The molecule has 0 fully saturated rings. The van der Waals surface area contributed by atoms with E-state index in [-0.39, 0.29) is 17.9 Å². The van der Waals surface area contributed by atoms with Crippen LogP contribution in [0.15, 0.2) is 24.3 Å². The van der Waals surface area contributed by atoms with Crippen LogP contribution in [0.25, 0.3) is 0 Å². The molecule has 9 nitrogen and oxygen atoms in total. The molecule has 0 aliphatic carbocycles. The molecule has 0 radical (unpaired) electrons. The second kappa shape index (κ2) is 19.2. The fourth-order valence-electron chi connectivity index (χ4n) is 2.76. The zero-order chi connectivity index (χ0) is 29.3. The van der Waals surface area contributed by atoms with Gasteiger partial charge < -0.3 is 31.6 Å². The molecular weight excluding hydrogens is 545 g/mol. The van der Waals surface area contributed by atoms with Crippen molar-refractivity contribution in [3.63, 3.8) is 0 Å². The van der Waals surface area contributed by atoms with Crippen molar-refractivity contribution in [2.24, 2.45) is 0 Å². The van der Waals surface area contributed by atoms with Crippen LogP contribution in [0.5, 0.6) is 0 Å². The predicted molar refractivity (Wildman–Crippen MR) is 158 cm³/mol. The first-order valence-electron chi connectivity index (χ1n) is 12.6. The van der Waals surface area contributed by atoms with Gasteiger partial charge in [-0.25, -0.2) is 9.59 Å². The highest BCUT2D eigenvalue weighted by atomic mass is 28.4. The summed E-state index contributed by atoms with van der Waals surface area (Å²) in [6.45, 7) is 24.3. The molecule has 0 aromatic rings. The van der Waals surface area contributed by atoms with Crippen LogP contribution >= 0.6 is 0 Å². The van der Waals surface area contributed by atoms with E-state index in [9.17, 15) is 9.59 Å². The molecule has 0 aliphatic heterocycles. The van der Waals surface area contributed by atoms with Crippen molar-refractivity contribution in [3.8, 4) is 0 Å². The van der Waals surface area contributed by atoms with E-state index in [0.29, 0.717) is 36.8 Å². The summed E-state index contributed by atoms with van der Waals surface area (Å²) < 4.78 is 38.1. The van der Waals surface area contributed by atoms with Gasteiger partial charge >= 0.3 is 20.7 Å². The molecular formula is C24H52O9Si4. The predicted octanol–water partition coefficient (Wildman–Crippen LogP) is 4.44. The third-order valence-corrected chi connectivity index (χ3v) is 11.7. The molecule has 0 heterocycles. The van der Waals surface area contributed by atoms with Crippen molar-refractivity contribution in [2.75, 3.05) is 34.5 Å². The monoisotopic (exact) mass is 596 g/mol. The van der Waals surface area contributed by atoms with Crippen LogP contribution in [-0.2, 0) is 41.2 Å². The van der Waals surface area contributed by atoms with Gasteiger partial charge in [0.15, 0.2) is 16.6 Å². The highest BCUT2D eigenvalue weighted by Crippen LogP contribution is 2.16. The number of carbonyl (C=O) groups excluding carboxylic acids is 2. The number of esters is 2. The van der Waals surface area contributed by atoms with E-state index in [0.717, 1.165) is 12.5 Å². The van der Waals surface area contributed by atoms with E-state index in [1.54, 1.807) is 35.2 Å². The molecule has 218 valence electrons. The van der Waals surface area contributed by atoms with E-state index < -0.39 is 35.0 Å². The summed E-state index contributed by atoms with van der Waals surface area (Å²) in [4.78, 5) is 22.3. The molecule has 0 amide bonds. The number of ether oxygens (including phenoxy) is 2. The molecule has 0 N–H and O–H groups in total. The minimum absolute atomic E-state index is 0.0141. The Morgan fingerprint density at radius 3 is 1.43 bits per heavy atom. The quantitative estimate of drug-likeness (QED) is 0.0747. The molecule has 0 aromatic heterocycles. The Kier molecular flexibility index (Phi) is 19.8. The zero-order valence-corrected chi connectivity index (χ0v) is 29.5. The highest BCUT2D eigenvalue weighted by molar-refractivity contribution is 6.71. The van der Waals surface area contributed by atoms with Crippen molar-refractivity contribution < 1.29 is 41.2 Å². The lowest BCUT2D eigenvalue weighted by atomic mass is 10.4. The third kappa shape index (κ3) is 21.7. The van der Waals surface area contributed by atoms with Crippen molar-refractivity contribution in [3.05, 3.63) is 24.3 Å². The molecule has 0 unspecified atom stereocenters. The Morgan fingerprint density at radius 2 is 1.11 bits per heavy atom. The SMILES string of the molecule is C=C(C)C(=O)OCCC[SiH2]C(O[Si](C)(C)C)O[Si](C)(C)C.C=C(C)C(=O)OCCC[Si](OC)(OC)OC. The van der Waals surface area contributed by atoms with E-state index in [1.807, 2.05) is 0 Å². The minimum Gasteiger partial charge on any atom is -0.462 e. The van der Waals surface area contributed by atoms with Crippen LogP contribution in [0.1, 0.15) is 26.7 Å². The second-order valence-electron chi connectivity index (χ2n) is 10.6. The molecule has 0 rings (SSSR count). The maximum atomic E-state index is 11.3. The van der Waals surface area contributed by atoms with Crippen LogP contribution in [0.2, 0.25) is 51.4 Å². The summed E-state index contributed by atoms with van der Waals surface area (Å²) in [7, 11) is -1.53. The molecule has 0 bridgehead atoms. The van der Waals surface area contributed by atoms with Crippen LogP contribution in [-0.4, -0.2) is 87.4 Å². The fraction of sp³-hybridized carbons (Fsp3) is 0.750. The van der Waals surface area contributed by atoms with Crippen LogP contribution < -0.4 is 0 Å². The lowest BCUT2D eigenvalue weighted by Gasteiger charge is -2.31. The summed E-state index contributed by atoms with van der Waals surface area (Å²) in [6.07, 6.45) is 1.52. The van der Waals surface area contributed by atoms with Gasteiger partial charge in [-0.1, -0.05) is 19.2 Å². The van der Waals surface area contributed by atoms with Crippen LogP contribution in [0.3, 0.4) is 0 Å². The first-order chi connectivity index (χ1) is 16.9. The van der Waals surface area contributed by atoms with Crippen molar-refractivity contribution >= 4 is 46.9 Å². The zero-order valence-electron chi connectivity index (χ0n) is 25.1. The fourth-order valence-corrected chi connectivity index (χ4v) is 11.0. The smallest absolute Gasteiger partial charge is 0.462 e. The van der Waals surface area contributed by atoms with Gasteiger partial charge in [-0.05, 0) is 66.0 Å². The maximum absolute atomic E-state index is 11.3. The van der Waals surface area contributed by atoms with Crippen molar-refractivity contribution in [1.29, 1.82) is 0 Å². The molecule has 0 saturated heterocycles. The molecule has 0 atom stereocenters. The third-order valence-electron chi connectivity index (χ3n) is 4.53. The normalized spacial score (nSPS) is 12.3. The van der Waals surface area contributed by atoms with E-state index in [2.05, 4.69) is 52.4 Å². The van der Waals surface area contributed by atoms with Gasteiger partial charge in [-0.15, -0.1) is 0 Å². The van der Waals surface area contributed by atoms with Gasteiger partial charge in [-0.2, -0.15) is 0 Å². The number of carbonyl (C=O) groups is 2. The van der Waals surface area contributed by atoms with Gasteiger partial charge in [0.25, 0.3) is 0 Å². The Balaban J connectivity index is 0. The lowest BCUT2D eigenvalue weighted by molar-refractivity contribution is -0.139. The average molecular weight is 597 g/mol. The van der Waals surface area contributed by atoms with Gasteiger partial charge in [0, 0.05) is 38.5 Å². The minimum atomic E-state index is -2.53. The summed E-state index contributed by atoms with van der Waals surface area (Å²) in [5.41, 5.74) is 0.850. The summed E-state index contributed by atoms with van der Waals surface area (Å²) in [5, 5.41) is 0. The first-order valence-corrected chi connectivity index (χ1v) is 23.1. The van der Waals surface area contributed by atoms with E-state index in [1.165, 1.54) is 0 Å². The van der Waals surface area contributed by atoms with E-state index >= 15 is 0 Å². The number of rotatable bonds is 18. The molecule has 37 heavy (non-hydrogen) atoms. The first kappa shape index (κ1) is 38.2. The Morgan fingerprint density at radius 1 is 0.730 bits per heavy atom. The van der Waals surface area contributed by atoms with Crippen molar-refractivity contribution in [2.45, 2.75) is 84.0 Å². The Bertz CT molecular complexity index is 675. The standard InChI is InChI=1S/C14H32O4Si3.C10H20O5Si/c1-12(2)13(15)16-10-9-11-19-14(17-20(3,4)5)18-21(6,7)8;1-9(2)10(11)15-7-6-8-16(12-3,13-4)14-5/h14H,1,9-11,19H2,2-8H3;1,6-8H2,2-5H3. The summed E-state index contributed by atoms with van der Waals surface area (Å²) in [6, 6.07) is 1.67. The molecule has 0 saturated carbocycles. The summed E-state index contributed by atoms with van der Waals surface area (Å²) in [5.74, 6) is -0.662. The topological polar surface area (TPSA) is 98.8 Å². The number of hydrogen-bond donors (Lipinski definition) is 0.